The molecular weight excluding hydrogens is 395 g/mol. The number of rotatable bonds is 4. The number of amides is 1. The van der Waals surface area contributed by atoms with Gasteiger partial charge in [-0.1, -0.05) is 12.1 Å². The fourth-order valence-electron chi connectivity index (χ4n) is 3.33. The van der Waals surface area contributed by atoms with Crippen LogP contribution in [0, 0.1) is 19.7 Å². The van der Waals surface area contributed by atoms with Crippen LogP contribution in [-0.4, -0.2) is 22.0 Å². The van der Waals surface area contributed by atoms with Crippen molar-refractivity contribution < 1.29 is 19.1 Å². The Balaban J connectivity index is 1.79. The molecule has 5 nitrogen and oxygen atoms in total. The Hall–Kier alpha value is -4.06. The summed E-state index contributed by atoms with van der Waals surface area (Å²) in [4.78, 5) is 28.7. The summed E-state index contributed by atoms with van der Waals surface area (Å²) in [7, 11) is 0. The zero-order valence-electron chi connectivity index (χ0n) is 16.9. The summed E-state index contributed by atoms with van der Waals surface area (Å²) < 4.78 is 13.9. The van der Waals surface area contributed by atoms with Gasteiger partial charge >= 0.3 is 5.97 Å². The summed E-state index contributed by atoms with van der Waals surface area (Å²) in [5.74, 6) is -1.95. The van der Waals surface area contributed by atoms with Crippen LogP contribution in [0.3, 0.4) is 0 Å². The fourth-order valence-corrected chi connectivity index (χ4v) is 3.33. The highest BCUT2D eigenvalue weighted by Crippen LogP contribution is 2.27. The fraction of sp³-hybridized carbons (Fsp3) is 0.0800. The van der Waals surface area contributed by atoms with Crippen LogP contribution in [0.15, 0.2) is 66.7 Å². The highest BCUT2D eigenvalue weighted by Gasteiger charge is 2.16. The first kappa shape index (κ1) is 20.2. The van der Waals surface area contributed by atoms with Crippen LogP contribution in [0.4, 0.5) is 10.1 Å². The Kier molecular flexibility index (Phi) is 5.21. The molecule has 2 N–H and O–H groups in total. The molecule has 1 heterocycles. The van der Waals surface area contributed by atoms with E-state index in [1.165, 1.54) is 36.4 Å². The maximum Gasteiger partial charge on any atom is 0.335 e. The minimum atomic E-state index is -1.05. The third-order valence-corrected chi connectivity index (χ3v) is 5.21. The van der Waals surface area contributed by atoms with Gasteiger partial charge in [-0.25, -0.2) is 14.2 Å². The molecule has 1 amide bonds. The molecule has 154 valence electrons. The molecule has 6 heteroatoms. The zero-order valence-corrected chi connectivity index (χ0v) is 16.9. The molecule has 0 atom stereocenters. The van der Waals surface area contributed by atoms with E-state index >= 15 is 0 Å². The second-order valence-electron chi connectivity index (χ2n) is 7.35. The average molecular weight is 414 g/mol. The van der Waals surface area contributed by atoms with Crippen molar-refractivity contribution in [1.82, 2.24) is 4.98 Å². The van der Waals surface area contributed by atoms with Crippen LogP contribution >= 0.6 is 0 Å². The number of halogens is 1. The van der Waals surface area contributed by atoms with Gasteiger partial charge in [-0.3, -0.25) is 4.79 Å². The molecule has 31 heavy (non-hydrogen) atoms. The molecule has 4 aromatic rings. The molecule has 0 aliphatic heterocycles. The number of fused-ring (bicyclic) bond motifs is 1. The van der Waals surface area contributed by atoms with Gasteiger partial charge in [-0.15, -0.1) is 0 Å². The maximum absolute atomic E-state index is 13.9. The van der Waals surface area contributed by atoms with E-state index in [9.17, 15) is 14.0 Å². The number of benzene rings is 3. The van der Waals surface area contributed by atoms with Crippen molar-refractivity contribution in [3.05, 3.63) is 94.8 Å². The number of pyridine rings is 1. The number of carboxylic acids is 1. The molecule has 0 radical (unpaired) electrons. The molecule has 0 fully saturated rings. The lowest BCUT2D eigenvalue weighted by atomic mass is 10.0. The largest absolute Gasteiger partial charge is 0.478 e. The second kappa shape index (κ2) is 7.99. The number of hydrogen-bond donors (Lipinski definition) is 2. The summed E-state index contributed by atoms with van der Waals surface area (Å²) in [5, 5.41) is 12.2. The third-order valence-electron chi connectivity index (χ3n) is 5.21. The van der Waals surface area contributed by atoms with E-state index in [0.717, 1.165) is 16.7 Å². The predicted octanol–water partition coefficient (Wildman–Crippen LogP) is 5.61. The van der Waals surface area contributed by atoms with Crippen molar-refractivity contribution in [2.24, 2.45) is 0 Å². The van der Waals surface area contributed by atoms with Gasteiger partial charge in [0.1, 0.15) is 5.82 Å². The number of hydrogen-bond acceptors (Lipinski definition) is 3. The van der Waals surface area contributed by atoms with E-state index < -0.39 is 17.7 Å². The second-order valence-corrected chi connectivity index (χ2v) is 7.35. The summed E-state index contributed by atoms with van der Waals surface area (Å²) in [6.07, 6.45) is 0. The Labute approximate surface area is 178 Å². The average Bonchev–Trinajstić information content (AvgIpc) is 2.75. The zero-order chi connectivity index (χ0) is 22.1. The number of carbonyl (C=O) groups excluding carboxylic acids is 1. The first-order valence-corrected chi connectivity index (χ1v) is 9.64. The van der Waals surface area contributed by atoms with Crippen molar-refractivity contribution >= 4 is 28.5 Å². The molecule has 0 aliphatic rings. The summed E-state index contributed by atoms with van der Waals surface area (Å²) in [6.45, 7) is 4.02. The van der Waals surface area contributed by atoms with Crippen molar-refractivity contribution in [2.75, 3.05) is 5.32 Å². The van der Waals surface area contributed by atoms with Gasteiger partial charge in [0.2, 0.25) is 0 Å². The number of carbonyl (C=O) groups is 2. The highest BCUT2D eigenvalue weighted by molar-refractivity contribution is 6.13. The number of nitrogens with zero attached hydrogens (tertiary/aromatic N) is 1. The number of carboxylic acid groups (broad SMARTS) is 1. The Morgan fingerprint density at radius 3 is 2.32 bits per heavy atom. The minimum Gasteiger partial charge on any atom is -0.478 e. The maximum atomic E-state index is 13.9. The number of anilines is 1. The molecule has 0 bridgehead atoms. The van der Waals surface area contributed by atoms with E-state index in [1.807, 2.05) is 32.0 Å². The molecular formula is C25H19FN2O3. The predicted molar refractivity (Wildman–Crippen MR) is 118 cm³/mol. The quantitative estimate of drug-likeness (QED) is 0.455. The van der Waals surface area contributed by atoms with Crippen molar-refractivity contribution in [3.63, 3.8) is 0 Å². The Morgan fingerprint density at radius 1 is 0.903 bits per heavy atom. The molecule has 0 spiro atoms. The molecule has 1 aromatic heterocycles. The number of aryl methyl sites for hydroxylation is 2. The van der Waals surface area contributed by atoms with E-state index in [0.29, 0.717) is 22.3 Å². The van der Waals surface area contributed by atoms with Crippen molar-refractivity contribution in [1.29, 1.82) is 0 Å². The van der Waals surface area contributed by atoms with Gasteiger partial charge in [0.25, 0.3) is 5.91 Å². The molecule has 0 saturated carbocycles. The SMILES string of the molecule is Cc1ccc(-c2cc(C(=O)Nc3ccc(C(=O)O)cc3)c3cc(F)ccc3n2)cc1C. The molecule has 0 aliphatic carbocycles. The monoisotopic (exact) mass is 414 g/mol. The number of nitrogens with one attached hydrogen (secondary N) is 1. The summed E-state index contributed by atoms with van der Waals surface area (Å²) >= 11 is 0. The molecule has 3 aromatic carbocycles. The Morgan fingerprint density at radius 2 is 1.65 bits per heavy atom. The lowest BCUT2D eigenvalue weighted by molar-refractivity contribution is 0.0696. The van der Waals surface area contributed by atoms with Crippen LogP contribution in [0.2, 0.25) is 0 Å². The first-order chi connectivity index (χ1) is 14.8. The number of aromatic nitrogens is 1. The smallest absolute Gasteiger partial charge is 0.335 e. The molecule has 4 rings (SSSR count). The summed E-state index contributed by atoms with van der Waals surface area (Å²) in [6, 6.07) is 17.6. The topological polar surface area (TPSA) is 79.3 Å². The molecule has 0 saturated heterocycles. The minimum absolute atomic E-state index is 0.117. The van der Waals surface area contributed by atoms with Crippen molar-refractivity contribution in [3.8, 4) is 11.3 Å². The van der Waals surface area contributed by atoms with E-state index in [2.05, 4.69) is 10.3 Å². The van der Waals surface area contributed by atoms with Gasteiger partial charge in [0.05, 0.1) is 22.3 Å². The van der Waals surface area contributed by atoms with Gasteiger partial charge in [-0.05, 0) is 79.6 Å². The number of aromatic carboxylic acids is 1. The van der Waals surface area contributed by atoms with Gasteiger partial charge in [0.15, 0.2) is 0 Å². The van der Waals surface area contributed by atoms with Crippen LogP contribution < -0.4 is 5.32 Å². The van der Waals surface area contributed by atoms with Crippen LogP contribution in [0.1, 0.15) is 31.8 Å². The van der Waals surface area contributed by atoms with Crippen LogP contribution in [0.25, 0.3) is 22.2 Å². The normalized spacial score (nSPS) is 10.8. The summed E-state index contributed by atoms with van der Waals surface area (Å²) in [5.41, 5.74) is 5.04. The van der Waals surface area contributed by atoms with Crippen LogP contribution in [-0.2, 0) is 0 Å². The first-order valence-electron chi connectivity index (χ1n) is 9.64. The van der Waals surface area contributed by atoms with Crippen molar-refractivity contribution in [2.45, 2.75) is 13.8 Å². The van der Waals surface area contributed by atoms with Gasteiger partial charge < -0.3 is 10.4 Å². The van der Waals surface area contributed by atoms with E-state index in [4.69, 9.17) is 5.11 Å². The third kappa shape index (κ3) is 4.14. The standard InChI is InChI=1S/C25H19FN2O3/c1-14-3-4-17(11-15(14)2)23-13-21(20-12-18(26)7-10-22(20)28-23)24(29)27-19-8-5-16(6-9-19)25(30)31/h3-13H,1-2H3,(H,27,29)(H,30,31). The molecule has 0 unspecified atom stereocenters. The van der Waals surface area contributed by atoms with E-state index in [-0.39, 0.29) is 11.1 Å². The Bertz CT molecular complexity index is 1330. The lowest BCUT2D eigenvalue weighted by Crippen LogP contribution is -2.13. The highest BCUT2D eigenvalue weighted by atomic mass is 19.1. The van der Waals surface area contributed by atoms with Gasteiger partial charge in [0, 0.05) is 16.6 Å². The van der Waals surface area contributed by atoms with Crippen LogP contribution in [0.5, 0.6) is 0 Å². The van der Waals surface area contributed by atoms with E-state index in [1.54, 1.807) is 12.1 Å². The van der Waals surface area contributed by atoms with Gasteiger partial charge in [-0.2, -0.15) is 0 Å². The lowest BCUT2D eigenvalue weighted by Gasteiger charge is -2.12.